The van der Waals surface area contributed by atoms with Gasteiger partial charge in [-0.2, -0.15) is 0 Å². The third-order valence-electron chi connectivity index (χ3n) is 4.61. The van der Waals surface area contributed by atoms with Gasteiger partial charge in [0.05, 0.1) is 6.33 Å². The van der Waals surface area contributed by atoms with Crippen LogP contribution in [0.3, 0.4) is 0 Å². The summed E-state index contributed by atoms with van der Waals surface area (Å²) in [5.41, 5.74) is 2.58. The average Bonchev–Trinajstić information content (AvgIpc) is 3.15. The van der Waals surface area contributed by atoms with Crippen LogP contribution in [-0.4, -0.2) is 40.6 Å². The fourth-order valence-electron chi connectivity index (χ4n) is 3.53. The highest BCUT2D eigenvalue weighted by atomic mass is 15.2. The lowest BCUT2D eigenvalue weighted by Gasteiger charge is -2.17. The number of nitrogens with one attached hydrogen (secondary N) is 1. The molecule has 2 aromatic rings. The summed E-state index contributed by atoms with van der Waals surface area (Å²) in [5.74, 6) is 1.75. The Balaban J connectivity index is 1.42. The van der Waals surface area contributed by atoms with Gasteiger partial charge in [0.25, 0.3) is 0 Å². The van der Waals surface area contributed by atoms with Gasteiger partial charge < -0.3 is 9.88 Å². The zero-order valence-electron chi connectivity index (χ0n) is 11.6. The first-order chi connectivity index (χ1) is 9.88. The van der Waals surface area contributed by atoms with Crippen LogP contribution >= 0.6 is 0 Å². The first-order valence-corrected chi connectivity index (χ1v) is 7.39. The number of benzene rings is 1. The van der Waals surface area contributed by atoms with E-state index in [4.69, 9.17) is 0 Å². The molecule has 2 fully saturated rings. The largest absolute Gasteiger partial charge is 0.316 e. The van der Waals surface area contributed by atoms with Crippen molar-refractivity contribution >= 4 is 0 Å². The van der Waals surface area contributed by atoms with Crippen molar-refractivity contribution in [2.75, 3.05) is 26.2 Å². The smallest absolute Gasteiger partial charge is 0.0991 e. The van der Waals surface area contributed by atoms with E-state index in [2.05, 4.69) is 39.5 Å². The minimum atomic E-state index is 0.875. The number of likely N-dealkylation sites (tertiary alicyclic amines) is 1. The van der Waals surface area contributed by atoms with Gasteiger partial charge in [-0.25, -0.2) is 4.98 Å². The minimum absolute atomic E-state index is 0.875. The minimum Gasteiger partial charge on any atom is -0.316 e. The summed E-state index contributed by atoms with van der Waals surface area (Å²) in [4.78, 5) is 6.69. The molecule has 2 unspecified atom stereocenters. The maximum Gasteiger partial charge on any atom is 0.0991 e. The molecule has 0 aliphatic carbocycles. The van der Waals surface area contributed by atoms with Gasteiger partial charge in [-0.3, -0.25) is 4.90 Å². The van der Waals surface area contributed by atoms with Crippen LogP contribution in [0, 0.1) is 11.8 Å². The van der Waals surface area contributed by atoms with E-state index in [0.29, 0.717) is 0 Å². The molecule has 0 saturated carbocycles. The van der Waals surface area contributed by atoms with Gasteiger partial charge in [-0.05, 0) is 42.6 Å². The van der Waals surface area contributed by atoms with E-state index in [9.17, 15) is 0 Å². The Hall–Kier alpha value is -1.65. The normalized spacial score (nSPS) is 26.0. The summed E-state index contributed by atoms with van der Waals surface area (Å²) in [5, 5.41) is 3.50. The summed E-state index contributed by atoms with van der Waals surface area (Å²) in [6, 6.07) is 8.83. The number of imidazole rings is 1. The quantitative estimate of drug-likeness (QED) is 0.916. The molecule has 3 heterocycles. The molecule has 20 heavy (non-hydrogen) atoms. The molecular weight excluding hydrogens is 248 g/mol. The first-order valence-electron chi connectivity index (χ1n) is 7.39. The molecule has 1 aromatic heterocycles. The van der Waals surface area contributed by atoms with Crippen LogP contribution in [0.2, 0.25) is 0 Å². The number of hydrogen-bond donors (Lipinski definition) is 1. The van der Waals surface area contributed by atoms with Crippen molar-refractivity contribution in [2.45, 2.75) is 6.54 Å². The van der Waals surface area contributed by atoms with Crippen molar-refractivity contribution in [2.24, 2.45) is 11.8 Å². The van der Waals surface area contributed by atoms with Gasteiger partial charge in [0.15, 0.2) is 0 Å². The zero-order valence-corrected chi connectivity index (χ0v) is 11.6. The van der Waals surface area contributed by atoms with Crippen LogP contribution in [0.25, 0.3) is 5.69 Å². The standard InChI is InChI=1S/C16H20N4/c1-3-16(20-6-5-17-12-20)4-2-13(1)9-19-10-14-7-18-8-15(14)11-19/h1-6,12,14-15,18H,7-11H2. The van der Waals surface area contributed by atoms with Crippen LogP contribution in [-0.2, 0) is 6.54 Å². The van der Waals surface area contributed by atoms with E-state index in [0.717, 1.165) is 18.4 Å². The van der Waals surface area contributed by atoms with Crippen molar-refractivity contribution in [3.05, 3.63) is 48.5 Å². The highest BCUT2D eigenvalue weighted by Gasteiger charge is 2.35. The van der Waals surface area contributed by atoms with Gasteiger partial charge in [-0.1, -0.05) is 12.1 Å². The third kappa shape index (κ3) is 2.25. The van der Waals surface area contributed by atoms with Crippen molar-refractivity contribution in [1.82, 2.24) is 19.8 Å². The number of nitrogens with zero attached hydrogens (tertiary/aromatic N) is 3. The predicted octanol–water partition coefficient (Wildman–Crippen LogP) is 1.52. The summed E-state index contributed by atoms with van der Waals surface area (Å²) >= 11 is 0. The molecule has 2 aliphatic rings. The second kappa shape index (κ2) is 5.04. The van der Waals surface area contributed by atoms with E-state index >= 15 is 0 Å². The van der Waals surface area contributed by atoms with Crippen LogP contribution < -0.4 is 5.32 Å². The topological polar surface area (TPSA) is 33.1 Å². The molecule has 0 radical (unpaired) electrons. The lowest BCUT2D eigenvalue weighted by atomic mass is 10.0. The molecule has 1 aromatic carbocycles. The first kappa shape index (κ1) is 12.1. The highest BCUT2D eigenvalue weighted by molar-refractivity contribution is 5.34. The zero-order chi connectivity index (χ0) is 13.4. The summed E-state index contributed by atoms with van der Waals surface area (Å²) in [6.07, 6.45) is 5.62. The second-order valence-electron chi connectivity index (χ2n) is 6.01. The lowest BCUT2D eigenvalue weighted by Crippen LogP contribution is -2.25. The molecule has 2 atom stereocenters. The molecule has 0 amide bonds. The Morgan fingerprint density at radius 3 is 2.50 bits per heavy atom. The van der Waals surface area contributed by atoms with Crippen LogP contribution in [0.5, 0.6) is 0 Å². The molecule has 1 N–H and O–H groups in total. The van der Waals surface area contributed by atoms with Gasteiger partial charge in [0.1, 0.15) is 0 Å². The van der Waals surface area contributed by atoms with E-state index in [1.165, 1.54) is 37.4 Å². The Labute approximate surface area is 119 Å². The molecule has 4 nitrogen and oxygen atoms in total. The average molecular weight is 268 g/mol. The maximum absolute atomic E-state index is 4.09. The van der Waals surface area contributed by atoms with Gasteiger partial charge >= 0.3 is 0 Å². The fraction of sp³-hybridized carbons (Fsp3) is 0.438. The van der Waals surface area contributed by atoms with Gasteiger partial charge in [0, 0.05) is 37.7 Å². The molecule has 2 saturated heterocycles. The van der Waals surface area contributed by atoms with E-state index in [1.54, 1.807) is 0 Å². The molecule has 0 bridgehead atoms. The molecular formula is C16H20N4. The Kier molecular flexibility index (Phi) is 3.05. The van der Waals surface area contributed by atoms with Gasteiger partial charge in [-0.15, -0.1) is 0 Å². The number of aromatic nitrogens is 2. The van der Waals surface area contributed by atoms with E-state index in [1.807, 2.05) is 23.3 Å². The van der Waals surface area contributed by atoms with Gasteiger partial charge in [0.2, 0.25) is 0 Å². The molecule has 4 rings (SSSR count). The Bertz CT molecular complexity index is 549. The maximum atomic E-state index is 4.09. The SMILES string of the molecule is c1cn(-c2ccc(CN3CC4CNCC4C3)cc2)cn1. The van der Waals surface area contributed by atoms with Crippen LogP contribution in [0.1, 0.15) is 5.56 Å². The molecule has 2 aliphatic heterocycles. The van der Waals surface area contributed by atoms with E-state index < -0.39 is 0 Å². The van der Waals surface area contributed by atoms with Crippen LogP contribution in [0.15, 0.2) is 43.0 Å². The second-order valence-corrected chi connectivity index (χ2v) is 6.01. The lowest BCUT2D eigenvalue weighted by molar-refractivity contribution is 0.305. The Morgan fingerprint density at radius 1 is 1.10 bits per heavy atom. The number of fused-ring (bicyclic) bond motifs is 1. The van der Waals surface area contributed by atoms with E-state index in [-0.39, 0.29) is 0 Å². The third-order valence-corrected chi connectivity index (χ3v) is 4.61. The monoisotopic (exact) mass is 268 g/mol. The summed E-state index contributed by atoms with van der Waals surface area (Å²) in [7, 11) is 0. The summed E-state index contributed by atoms with van der Waals surface area (Å²) in [6.45, 7) is 6.00. The highest BCUT2D eigenvalue weighted by Crippen LogP contribution is 2.27. The number of hydrogen-bond acceptors (Lipinski definition) is 3. The predicted molar refractivity (Wildman–Crippen MR) is 78.7 cm³/mol. The van der Waals surface area contributed by atoms with Crippen molar-refractivity contribution in [3.8, 4) is 5.69 Å². The summed E-state index contributed by atoms with van der Waals surface area (Å²) < 4.78 is 2.04. The van der Waals surface area contributed by atoms with Crippen molar-refractivity contribution in [3.63, 3.8) is 0 Å². The Morgan fingerprint density at radius 2 is 1.85 bits per heavy atom. The molecule has 104 valence electrons. The molecule has 4 heteroatoms. The van der Waals surface area contributed by atoms with Crippen molar-refractivity contribution < 1.29 is 0 Å². The van der Waals surface area contributed by atoms with Crippen molar-refractivity contribution in [1.29, 1.82) is 0 Å². The fourth-order valence-corrected chi connectivity index (χ4v) is 3.53. The van der Waals surface area contributed by atoms with Crippen LogP contribution in [0.4, 0.5) is 0 Å². The number of rotatable bonds is 3. The molecule has 0 spiro atoms.